The van der Waals surface area contributed by atoms with Crippen molar-refractivity contribution in [2.24, 2.45) is 5.92 Å². The third-order valence-electron chi connectivity index (χ3n) is 6.37. The summed E-state index contributed by atoms with van der Waals surface area (Å²) in [4.78, 5) is 38.5. The van der Waals surface area contributed by atoms with Gasteiger partial charge in [-0.05, 0) is 41.0 Å². The molecule has 1 saturated heterocycles. The largest absolute Gasteiger partial charge is 0.480 e. The molecule has 2 aromatic rings. The van der Waals surface area contributed by atoms with Gasteiger partial charge in [-0.1, -0.05) is 62.4 Å². The van der Waals surface area contributed by atoms with Crippen LogP contribution in [0.1, 0.15) is 43.7 Å². The van der Waals surface area contributed by atoms with E-state index in [4.69, 9.17) is 4.74 Å². The van der Waals surface area contributed by atoms with Gasteiger partial charge >= 0.3 is 12.1 Å². The van der Waals surface area contributed by atoms with Crippen LogP contribution in [0.25, 0.3) is 11.1 Å². The van der Waals surface area contributed by atoms with E-state index in [1.165, 1.54) is 4.90 Å². The first-order chi connectivity index (χ1) is 15.4. The number of hydrogen-bond donors (Lipinski definition) is 2. The zero-order valence-electron chi connectivity index (χ0n) is 18.3. The molecule has 7 nitrogen and oxygen atoms in total. The maximum atomic E-state index is 13.0. The summed E-state index contributed by atoms with van der Waals surface area (Å²) in [5.41, 5.74) is 4.50. The first-order valence-corrected chi connectivity index (χ1v) is 11.0. The molecule has 2 aromatic carbocycles. The van der Waals surface area contributed by atoms with Gasteiger partial charge in [0.2, 0.25) is 5.91 Å². The number of alkyl carbamates (subject to hydrolysis) is 1. The highest BCUT2D eigenvalue weighted by Crippen LogP contribution is 2.44. The summed E-state index contributed by atoms with van der Waals surface area (Å²) in [5, 5.41) is 12.1. The predicted octanol–water partition coefficient (Wildman–Crippen LogP) is 3.63. The van der Waals surface area contributed by atoms with Crippen LogP contribution in [0.5, 0.6) is 0 Å². The van der Waals surface area contributed by atoms with Crippen molar-refractivity contribution in [2.45, 2.75) is 44.7 Å². The van der Waals surface area contributed by atoms with Crippen LogP contribution in [-0.4, -0.2) is 53.2 Å². The normalized spacial score (nSPS) is 18.2. The van der Waals surface area contributed by atoms with Gasteiger partial charge in [-0.15, -0.1) is 0 Å². The Kier molecular flexibility index (Phi) is 6.17. The van der Waals surface area contributed by atoms with Crippen LogP contribution in [0.15, 0.2) is 48.5 Å². The summed E-state index contributed by atoms with van der Waals surface area (Å²) >= 11 is 0. The Morgan fingerprint density at radius 1 is 1.06 bits per heavy atom. The smallest absolute Gasteiger partial charge is 0.407 e. The SMILES string of the molecule is CC(C)[C@@H](NC(=O)OCC1c2ccccc2-c2ccccc21)C(=O)N1CCC[C@@H]1C(=O)O. The second-order valence-electron chi connectivity index (χ2n) is 8.72. The second kappa shape index (κ2) is 9.02. The third kappa shape index (κ3) is 4.07. The molecule has 2 amide bonds. The number of ether oxygens (including phenoxy) is 1. The third-order valence-corrected chi connectivity index (χ3v) is 6.37. The Balaban J connectivity index is 1.44. The van der Waals surface area contributed by atoms with Gasteiger partial charge in [0.05, 0.1) is 0 Å². The average molecular weight is 437 g/mol. The zero-order chi connectivity index (χ0) is 22.8. The topological polar surface area (TPSA) is 95.9 Å². The summed E-state index contributed by atoms with van der Waals surface area (Å²) in [7, 11) is 0. The Bertz CT molecular complexity index is 989. The molecule has 0 unspecified atom stereocenters. The van der Waals surface area contributed by atoms with Crippen molar-refractivity contribution in [1.82, 2.24) is 10.2 Å². The van der Waals surface area contributed by atoms with Gasteiger partial charge < -0.3 is 20.1 Å². The van der Waals surface area contributed by atoms with Crippen LogP contribution in [0, 0.1) is 5.92 Å². The number of rotatable bonds is 6. The van der Waals surface area contributed by atoms with Crippen molar-refractivity contribution < 1.29 is 24.2 Å². The lowest BCUT2D eigenvalue weighted by Gasteiger charge is -2.29. The average Bonchev–Trinajstić information content (AvgIpc) is 3.39. The Morgan fingerprint density at radius 3 is 2.22 bits per heavy atom. The molecule has 7 heteroatoms. The number of carboxylic acids is 1. The maximum absolute atomic E-state index is 13.0. The van der Waals surface area contributed by atoms with Gasteiger partial charge in [0.15, 0.2) is 0 Å². The number of benzene rings is 2. The van der Waals surface area contributed by atoms with Gasteiger partial charge in [0, 0.05) is 12.5 Å². The minimum atomic E-state index is -1.01. The number of carboxylic acid groups (broad SMARTS) is 1. The molecule has 1 aliphatic heterocycles. The molecule has 0 saturated carbocycles. The van der Waals surface area contributed by atoms with Crippen LogP contribution in [-0.2, 0) is 14.3 Å². The molecule has 0 bridgehead atoms. The predicted molar refractivity (Wildman–Crippen MR) is 119 cm³/mol. The number of fused-ring (bicyclic) bond motifs is 3. The first kappa shape index (κ1) is 21.9. The minimum Gasteiger partial charge on any atom is -0.480 e. The van der Waals surface area contributed by atoms with E-state index in [1.807, 2.05) is 50.2 Å². The molecule has 2 aliphatic rings. The fourth-order valence-corrected chi connectivity index (χ4v) is 4.75. The number of amides is 2. The van der Waals surface area contributed by atoms with Crippen molar-refractivity contribution in [2.75, 3.05) is 13.2 Å². The lowest BCUT2D eigenvalue weighted by Crippen LogP contribution is -2.53. The van der Waals surface area contributed by atoms with Gasteiger partial charge in [-0.3, -0.25) is 4.79 Å². The van der Waals surface area contributed by atoms with Crippen LogP contribution in [0.3, 0.4) is 0 Å². The van der Waals surface area contributed by atoms with E-state index >= 15 is 0 Å². The number of hydrogen-bond acceptors (Lipinski definition) is 4. The Labute approximate surface area is 187 Å². The van der Waals surface area contributed by atoms with E-state index in [-0.39, 0.29) is 24.3 Å². The molecule has 0 radical (unpaired) electrons. The van der Waals surface area contributed by atoms with Crippen molar-refractivity contribution in [3.05, 3.63) is 59.7 Å². The number of likely N-dealkylation sites (tertiary alicyclic amines) is 1. The maximum Gasteiger partial charge on any atom is 0.407 e. The summed E-state index contributed by atoms with van der Waals surface area (Å²) in [5.74, 6) is -1.67. The number of aliphatic carboxylic acids is 1. The molecule has 0 spiro atoms. The van der Waals surface area contributed by atoms with Gasteiger partial charge in [0.1, 0.15) is 18.7 Å². The van der Waals surface area contributed by atoms with Crippen LogP contribution < -0.4 is 5.32 Å². The van der Waals surface area contributed by atoms with Crippen molar-refractivity contribution in [3.8, 4) is 11.1 Å². The molecule has 1 heterocycles. The van der Waals surface area contributed by atoms with E-state index in [1.54, 1.807) is 0 Å². The van der Waals surface area contributed by atoms with E-state index in [0.717, 1.165) is 22.3 Å². The highest BCUT2D eigenvalue weighted by molar-refractivity contribution is 5.90. The lowest BCUT2D eigenvalue weighted by molar-refractivity contribution is -0.149. The van der Waals surface area contributed by atoms with Crippen molar-refractivity contribution in [3.63, 3.8) is 0 Å². The van der Waals surface area contributed by atoms with Crippen LogP contribution in [0.4, 0.5) is 4.79 Å². The fourth-order valence-electron chi connectivity index (χ4n) is 4.75. The molecular formula is C25H28N2O5. The monoisotopic (exact) mass is 436 g/mol. The Morgan fingerprint density at radius 2 is 1.66 bits per heavy atom. The molecule has 1 fully saturated rings. The number of carbonyl (C=O) groups is 3. The van der Waals surface area contributed by atoms with E-state index < -0.39 is 24.1 Å². The summed E-state index contributed by atoms with van der Waals surface area (Å²) in [6.07, 6.45) is 0.389. The number of carbonyl (C=O) groups excluding carboxylic acids is 2. The number of nitrogens with one attached hydrogen (secondary N) is 1. The zero-order valence-corrected chi connectivity index (χ0v) is 18.3. The quantitative estimate of drug-likeness (QED) is 0.721. The lowest BCUT2D eigenvalue weighted by atomic mass is 9.98. The van der Waals surface area contributed by atoms with Gasteiger partial charge in [0.25, 0.3) is 0 Å². The number of nitrogens with zero attached hydrogens (tertiary/aromatic N) is 1. The summed E-state index contributed by atoms with van der Waals surface area (Å²) in [6, 6.07) is 14.5. The van der Waals surface area contributed by atoms with E-state index in [9.17, 15) is 19.5 Å². The highest BCUT2D eigenvalue weighted by Gasteiger charge is 2.39. The fraction of sp³-hybridized carbons (Fsp3) is 0.400. The molecule has 2 N–H and O–H groups in total. The van der Waals surface area contributed by atoms with Gasteiger partial charge in [-0.25, -0.2) is 9.59 Å². The summed E-state index contributed by atoms with van der Waals surface area (Å²) in [6.45, 7) is 4.17. The summed E-state index contributed by atoms with van der Waals surface area (Å²) < 4.78 is 5.57. The van der Waals surface area contributed by atoms with Crippen LogP contribution >= 0.6 is 0 Å². The molecule has 0 aromatic heterocycles. The molecule has 32 heavy (non-hydrogen) atoms. The van der Waals surface area contributed by atoms with Gasteiger partial charge in [-0.2, -0.15) is 0 Å². The van der Waals surface area contributed by atoms with Crippen LogP contribution in [0.2, 0.25) is 0 Å². The van der Waals surface area contributed by atoms with E-state index in [0.29, 0.717) is 19.4 Å². The molecular weight excluding hydrogens is 408 g/mol. The molecule has 168 valence electrons. The molecule has 1 aliphatic carbocycles. The Hall–Kier alpha value is -3.35. The first-order valence-electron chi connectivity index (χ1n) is 11.0. The second-order valence-corrected chi connectivity index (χ2v) is 8.72. The highest BCUT2D eigenvalue weighted by atomic mass is 16.5. The molecule has 4 rings (SSSR count). The van der Waals surface area contributed by atoms with Crippen molar-refractivity contribution >= 4 is 18.0 Å². The molecule has 2 atom stereocenters. The standard InChI is InChI=1S/C25H28N2O5/c1-15(2)22(23(28)27-13-7-12-21(27)24(29)30)26-25(31)32-14-20-18-10-5-3-8-16(18)17-9-4-6-11-19(17)20/h3-6,8-11,15,20-22H,7,12-14H2,1-2H3,(H,26,31)(H,29,30)/t21-,22-/m1/s1. The van der Waals surface area contributed by atoms with E-state index in [2.05, 4.69) is 17.4 Å². The van der Waals surface area contributed by atoms with Crippen molar-refractivity contribution in [1.29, 1.82) is 0 Å². The minimum absolute atomic E-state index is 0.0728.